The van der Waals surface area contributed by atoms with Crippen molar-refractivity contribution in [3.8, 4) is 11.5 Å². The van der Waals surface area contributed by atoms with Crippen molar-refractivity contribution in [1.82, 2.24) is 15.0 Å². The van der Waals surface area contributed by atoms with Gasteiger partial charge in [0.2, 0.25) is 0 Å². The fourth-order valence-electron chi connectivity index (χ4n) is 9.37. The van der Waals surface area contributed by atoms with Crippen molar-refractivity contribution in [2.24, 2.45) is 68.8 Å². The first-order valence-electron chi connectivity index (χ1n) is 40.2. The van der Waals surface area contributed by atoms with E-state index in [4.69, 9.17) is 115 Å². The van der Waals surface area contributed by atoms with Gasteiger partial charge in [0.25, 0.3) is 0 Å². The van der Waals surface area contributed by atoms with E-state index in [1.165, 1.54) is 132 Å². The van der Waals surface area contributed by atoms with Gasteiger partial charge >= 0.3 is 0 Å². The summed E-state index contributed by atoms with van der Waals surface area (Å²) in [6.07, 6.45) is 2.79. The lowest BCUT2D eigenvalue weighted by Gasteiger charge is -2.08. The van der Waals surface area contributed by atoms with Gasteiger partial charge in [0.05, 0.1) is 115 Å². The number of benzene rings is 5. The molecule has 0 aliphatic heterocycles. The van der Waals surface area contributed by atoms with Crippen LogP contribution in [0.3, 0.4) is 0 Å². The van der Waals surface area contributed by atoms with Crippen LogP contribution in [-0.2, 0) is 83.2 Å². The maximum atomic E-state index is 11.1. The lowest BCUT2D eigenvalue weighted by Crippen LogP contribution is -2.38. The number of H-pyrrole nitrogens is 3. The highest BCUT2D eigenvalue weighted by Gasteiger charge is 2.21. The molecule has 0 fully saturated rings. The van der Waals surface area contributed by atoms with Crippen molar-refractivity contribution in [3.63, 3.8) is 0 Å². The van der Waals surface area contributed by atoms with Crippen LogP contribution in [0.5, 0.6) is 11.5 Å². The number of fused-ring (bicyclic) bond motifs is 3. The Morgan fingerprint density at radius 2 is 0.444 bits per heavy atom. The Hall–Kier alpha value is -10.4. The fraction of sp³-hybridized carbons (Fsp3) is 0.467. The van der Waals surface area contributed by atoms with Gasteiger partial charge in [-0.2, -0.15) is 0 Å². The maximum absolute atomic E-state index is 11.1. The van der Waals surface area contributed by atoms with Crippen molar-refractivity contribution in [1.29, 1.82) is 0 Å². The molecule has 36 heteroatoms. The van der Waals surface area contributed by atoms with Gasteiger partial charge in [-0.3, -0.25) is 57.5 Å². The highest BCUT2D eigenvalue weighted by Crippen LogP contribution is 2.24. The van der Waals surface area contributed by atoms with Crippen molar-refractivity contribution in [3.05, 3.63) is 168 Å². The zero-order chi connectivity index (χ0) is 98.6. The Balaban J connectivity index is -0.000000651. The van der Waals surface area contributed by atoms with E-state index in [1.807, 2.05) is 85.2 Å². The Morgan fingerprint density at radius 1 is 0.254 bits per heavy atom. The van der Waals surface area contributed by atoms with Gasteiger partial charge < -0.3 is 130 Å². The molecule has 8 rings (SSSR count). The number of aromatic nitrogens is 3. The van der Waals surface area contributed by atoms with Crippen LogP contribution in [0.4, 0.5) is 0 Å². The highest BCUT2D eigenvalue weighted by atomic mass is 16.3. The van der Waals surface area contributed by atoms with E-state index < -0.39 is 115 Å². The second kappa shape index (κ2) is 64.3. The molecule has 3 aromatic heterocycles. The quantitative estimate of drug-likeness (QED) is 0.0332. The van der Waals surface area contributed by atoms with Gasteiger partial charge in [-0.25, -0.2) is 0 Å². The molecule has 0 aliphatic carbocycles. The van der Waals surface area contributed by atoms with Gasteiger partial charge in [-0.05, 0) is 222 Å². The SMILES string of the molecule is CC(=O)[C@@H](N)C(C)O.CC(=O)[C@@H](N)Cc1c[nH]c2ccccc12.CC(=O)[C@@H](N)Cc1ccc(O)cc1.CC(=O)[C@@H](N)[C@@H](C)O.CC(=O)[C@@H](N)[C@H](C)O.CC(=O)[C@@H](N)[C@H](C)O.CC(=O)[C@H](N)C(C)O.CC(=O)[C@H](N)Cc1c[nH]c2ccccc12.CC(=O)[C@H](N)Cc1ccc(O)cc1.CC(=O)[C@H](N)[C@H](C)O.CC(=O)[C@H](N)[C@H](C)O.CC(=O)[C@H](N)c1c[nH]c2ccccc12. The minimum absolute atomic E-state index is 0.0187. The van der Waals surface area contributed by atoms with E-state index in [0.717, 1.165) is 60.5 Å². The predicted octanol–water partition coefficient (Wildman–Crippen LogP) is 1.70. The lowest BCUT2D eigenvalue weighted by atomic mass is 10.0. The number of phenols is 2. The minimum atomic E-state index is -0.729. The molecule has 0 spiro atoms. The fourth-order valence-corrected chi connectivity index (χ4v) is 9.37. The normalized spacial score (nSPS) is 14.9. The number of rotatable bonds is 28. The number of hydrogen-bond donors (Lipinski definition) is 24. The smallest absolute Gasteiger partial charge is 0.151 e. The van der Waals surface area contributed by atoms with Gasteiger partial charge in [-0.15, -0.1) is 0 Å². The summed E-state index contributed by atoms with van der Waals surface area (Å²) in [5, 5.41) is 81.8. The number of nitrogens with two attached hydrogens (primary N) is 12. The first-order chi connectivity index (χ1) is 58.1. The number of aromatic hydroxyl groups is 2. The summed E-state index contributed by atoms with van der Waals surface area (Å²) in [6.45, 7) is 27.5. The van der Waals surface area contributed by atoms with Crippen molar-refractivity contribution in [2.45, 2.75) is 272 Å². The Bertz CT molecular complexity index is 4170. The molecule has 704 valence electrons. The number of aliphatic hydroxyl groups excluding tert-OH is 7. The topological polar surface area (TPSA) is 747 Å². The van der Waals surface area contributed by atoms with Crippen LogP contribution < -0.4 is 68.8 Å². The van der Waals surface area contributed by atoms with Crippen LogP contribution >= 0.6 is 0 Å². The number of Topliss-reactive ketones (excluding diaryl/α,β-unsaturated/α-hetero) is 12. The Kier molecular flexibility index (Phi) is 62.3. The molecule has 36 nitrogen and oxygen atoms in total. The first-order valence-corrected chi connectivity index (χ1v) is 40.2. The average Bonchev–Trinajstić information content (AvgIpc) is 1.68. The van der Waals surface area contributed by atoms with E-state index in [-0.39, 0.29) is 80.9 Å². The van der Waals surface area contributed by atoms with Crippen LogP contribution in [0.25, 0.3) is 32.7 Å². The molecule has 2 unspecified atom stereocenters. The zero-order valence-electron chi connectivity index (χ0n) is 75.9. The van der Waals surface area contributed by atoms with Crippen molar-refractivity contribution in [2.75, 3.05) is 0 Å². The molecule has 3 heterocycles. The highest BCUT2D eigenvalue weighted by molar-refractivity contribution is 5.92. The molecule has 5 aromatic carbocycles. The third kappa shape index (κ3) is 52.5. The maximum Gasteiger partial charge on any atom is 0.151 e. The van der Waals surface area contributed by atoms with E-state index in [1.54, 1.807) is 54.7 Å². The molecule has 0 saturated heterocycles. The van der Waals surface area contributed by atoms with E-state index in [2.05, 4.69) is 15.0 Å². The summed E-state index contributed by atoms with van der Waals surface area (Å²) < 4.78 is 0. The molecular formula is C90H143N15O21. The minimum Gasteiger partial charge on any atom is -0.508 e. The van der Waals surface area contributed by atoms with Crippen LogP contribution in [-0.4, -0.2) is 239 Å². The van der Waals surface area contributed by atoms with Crippen LogP contribution in [0.1, 0.15) is 165 Å². The molecule has 0 aliphatic rings. The molecule has 0 amide bonds. The second-order valence-electron chi connectivity index (χ2n) is 30.3. The first kappa shape index (κ1) is 122. The number of ketones is 12. The number of phenolic OH excluding ortho intramolecular Hbond substituents is 2. The van der Waals surface area contributed by atoms with Crippen LogP contribution in [0.15, 0.2) is 140 Å². The van der Waals surface area contributed by atoms with E-state index in [0.29, 0.717) is 25.7 Å². The Labute approximate surface area is 737 Å². The average molecular weight is 1770 g/mol. The summed E-state index contributed by atoms with van der Waals surface area (Å²) in [5.74, 6) is -0.822. The molecular weight excluding hydrogens is 1630 g/mol. The van der Waals surface area contributed by atoms with E-state index >= 15 is 0 Å². The number of para-hydroxylation sites is 3. The van der Waals surface area contributed by atoms with Crippen LogP contribution in [0, 0.1) is 0 Å². The molecule has 19 atom stereocenters. The summed E-state index contributed by atoms with van der Waals surface area (Å²) in [4.78, 5) is 136. The number of carbonyl (C=O) groups is 12. The van der Waals surface area contributed by atoms with Crippen LogP contribution in [0.2, 0.25) is 0 Å². The third-order valence-electron chi connectivity index (χ3n) is 18.4. The number of carbonyl (C=O) groups excluding carboxylic acids is 12. The molecule has 0 radical (unpaired) electrons. The number of aromatic amines is 3. The van der Waals surface area contributed by atoms with E-state index in [9.17, 15) is 57.5 Å². The monoisotopic (exact) mass is 1770 g/mol. The molecule has 0 saturated carbocycles. The summed E-state index contributed by atoms with van der Waals surface area (Å²) in [7, 11) is 0. The predicted molar refractivity (Wildman–Crippen MR) is 491 cm³/mol. The number of nitrogens with one attached hydrogen (secondary N) is 3. The molecule has 36 N–H and O–H groups in total. The lowest BCUT2D eigenvalue weighted by molar-refractivity contribution is -0.121. The molecule has 126 heavy (non-hydrogen) atoms. The third-order valence-corrected chi connectivity index (χ3v) is 18.4. The van der Waals surface area contributed by atoms with Crippen molar-refractivity contribution < 1.29 is 103 Å². The summed E-state index contributed by atoms with van der Waals surface area (Å²) in [5.41, 5.74) is 72.7. The summed E-state index contributed by atoms with van der Waals surface area (Å²) >= 11 is 0. The van der Waals surface area contributed by atoms with Gasteiger partial charge in [0.15, 0.2) is 5.78 Å². The zero-order valence-corrected chi connectivity index (χ0v) is 75.9. The largest absolute Gasteiger partial charge is 0.508 e. The standard InChI is InChI=1S/2C12H14N2O.C11H12N2O.2C10H13NO2.7C5H11NO2/c2*1-8(15)11(13)6-9-7-14-12-5-3-2-4-10(9)12;1-7(14)11(12)9-6-13-10-5-3-2-4-8(9)10;2*1-7(12)10(11)6-8-2-4-9(13)5-3-8;7*1-3(7)5(6)4(2)8/h2*2-5,7,11,14H,6,13H2,1H3;2-6,11,13H,12H2,1H3;2*2-5,10,13H,6,11H2,1H3;7*3,5,7H,6H2,1-2H3/t3*11-;2*10-;2*3?,5-;3*3-,5+;2*3-,5-/m100101010000/s1. The Morgan fingerprint density at radius 3 is 0.635 bits per heavy atom. The molecule has 0 bridgehead atoms. The van der Waals surface area contributed by atoms with Crippen molar-refractivity contribution >= 4 is 102 Å². The summed E-state index contributed by atoms with van der Waals surface area (Å²) in [6, 6.07) is 30.0. The van der Waals surface area contributed by atoms with Gasteiger partial charge in [-0.1, -0.05) is 78.9 Å². The second-order valence-corrected chi connectivity index (χ2v) is 30.3. The number of aliphatic hydroxyl groups is 7. The molecule has 8 aromatic rings. The van der Waals surface area contributed by atoms with Gasteiger partial charge in [0, 0.05) is 56.9 Å². The van der Waals surface area contributed by atoms with Gasteiger partial charge in [0.1, 0.15) is 75.1 Å². The number of hydrogen-bond acceptors (Lipinski definition) is 33.